The van der Waals surface area contributed by atoms with Crippen molar-refractivity contribution in [2.45, 2.75) is 31.3 Å². The third-order valence-corrected chi connectivity index (χ3v) is 3.29. The zero-order valence-corrected chi connectivity index (χ0v) is 12.4. The fraction of sp³-hybridized carbons (Fsp3) is 0.455. The molecular weight excluding hydrogens is 288 g/mol. The molecule has 0 saturated carbocycles. The summed E-state index contributed by atoms with van der Waals surface area (Å²) in [5, 5.41) is 10.9. The van der Waals surface area contributed by atoms with Crippen LogP contribution in [-0.4, -0.2) is 26.1 Å². The largest absolute Gasteiger partial charge is 0.490 e. The Balaban J connectivity index is 3.13. The van der Waals surface area contributed by atoms with Crippen LogP contribution in [0.3, 0.4) is 0 Å². The van der Waals surface area contributed by atoms with E-state index in [1.54, 1.807) is 20.8 Å². The fourth-order valence-electron chi connectivity index (χ4n) is 1.21. The molecule has 0 fully saturated rings. The molecule has 0 aliphatic heterocycles. The van der Waals surface area contributed by atoms with E-state index in [1.807, 2.05) is 4.89 Å². The maximum atomic E-state index is 12.0. The van der Waals surface area contributed by atoms with Crippen LogP contribution in [0.1, 0.15) is 20.8 Å². The molecule has 0 saturated heterocycles. The maximum absolute atomic E-state index is 12.0. The van der Waals surface area contributed by atoms with Gasteiger partial charge >= 0.3 is 5.69 Å². The van der Waals surface area contributed by atoms with E-state index >= 15 is 0 Å². The Morgan fingerprint density at radius 3 is 2.35 bits per heavy atom. The predicted octanol–water partition coefficient (Wildman–Crippen LogP) is 1.61. The van der Waals surface area contributed by atoms with E-state index in [0.29, 0.717) is 0 Å². The molecule has 0 aliphatic rings. The summed E-state index contributed by atoms with van der Waals surface area (Å²) in [6, 6.07) is 3.32. The molecule has 1 aromatic carbocycles. The summed E-state index contributed by atoms with van der Waals surface area (Å²) in [6.45, 7) is 4.98. The second-order valence-corrected chi connectivity index (χ2v) is 6.54. The lowest BCUT2D eigenvalue weighted by atomic mass is 10.2. The van der Waals surface area contributed by atoms with Crippen molar-refractivity contribution in [1.82, 2.24) is 4.89 Å². The van der Waals surface area contributed by atoms with Gasteiger partial charge in [-0.1, -0.05) is 4.89 Å². The number of hydrogen-bond acceptors (Lipinski definition) is 6. The number of nitrogens with zero attached hydrogens (tertiary/aromatic N) is 1. The molecule has 8 nitrogen and oxygen atoms in total. The Morgan fingerprint density at radius 1 is 1.30 bits per heavy atom. The lowest BCUT2D eigenvalue weighted by Gasteiger charge is -2.19. The van der Waals surface area contributed by atoms with E-state index in [9.17, 15) is 18.5 Å². The maximum Gasteiger partial charge on any atom is 0.312 e. The third-order valence-electron chi connectivity index (χ3n) is 2.11. The summed E-state index contributed by atoms with van der Waals surface area (Å²) in [7, 11) is -2.75. The monoisotopic (exact) mass is 304 g/mol. The van der Waals surface area contributed by atoms with Gasteiger partial charge in [0.1, 0.15) is 0 Å². The van der Waals surface area contributed by atoms with Crippen molar-refractivity contribution in [1.29, 1.82) is 0 Å². The average molecular weight is 304 g/mol. The summed E-state index contributed by atoms with van der Waals surface area (Å²) in [4.78, 5) is 16.7. The van der Waals surface area contributed by atoms with Crippen molar-refractivity contribution >= 4 is 15.7 Å². The smallest absolute Gasteiger partial charge is 0.312 e. The fourth-order valence-corrected chi connectivity index (χ4v) is 2.18. The highest BCUT2D eigenvalue weighted by Crippen LogP contribution is 2.29. The minimum absolute atomic E-state index is 0.0225. The van der Waals surface area contributed by atoms with Crippen LogP contribution in [0.15, 0.2) is 23.1 Å². The SMILES string of the molecule is COc1ccc(S(=O)(=O)NOC(C)(C)C)cc1[N+](=O)[O-]. The van der Waals surface area contributed by atoms with Crippen molar-refractivity contribution in [2.24, 2.45) is 0 Å². The molecule has 20 heavy (non-hydrogen) atoms. The number of ether oxygens (including phenoxy) is 1. The van der Waals surface area contributed by atoms with Crippen LogP contribution in [0, 0.1) is 10.1 Å². The zero-order chi connectivity index (χ0) is 15.6. The molecule has 1 aromatic rings. The number of rotatable bonds is 5. The second kappa shape index (κ2) is 5.73. The van der Waals surface area contributed by atoms with Gasteiger partial charge in [-0.3, -0.25) is 15.0 Å². The van der Waals surface area contributed by atoms with Gasteiger partial charge in [-0.2, -0.15) is 0 Å². The van der Waals surface area contributed by atoms with Gasteiger partial charge < -0.3 is 4.74 Å². The number of benzene rings is 1. The highest BCUT2D eigenvalue weighted by atomic mass is 32.2. The van der Waals surface area contributed by atoms with Gasteiger partial charge in [0.15, 0.2) is 5.75 Å². The normalized spacial score (nSPS) is 12.2. The van der Waals surface area contributed by atoms with Crippen LogP contribution >= 0.6 is 0 Å². The van der Waals surface area contributed by atoms with Crippen LogP contribution in [0.2, 0.25) is 0 Å². The number of nitro benzene ring substituents is 1. The molecule has 112 valence electrons. The summed E-state index contributed by atoms with van der Waals surface area (Å²) in [5.41, 5.74) is -1.17. The molecule has 9 heteroatoms. The van der Waals surface area contributed by atoms with Crippen molar-refractivity contribution in [3.63, 3.8) is 0 Å². The topological polar surface area (TPSA) is 108 Å². The first-order chi connectivity index (χ1) is 9.07. The molecule has 0 bridgehead atoms. The summed E-state index contributed by atoms with van der Waals surface area (Å²) in [6.07, 6.45) is 0. The van der Waals surface area contributed by atoms with Gasteiger partial charge in [0.2, 0.25) is 0 Å². The Morgan fingerprint density at radius 2 is 1.90 bits per heavy atom. The molecule has 1 rings (SSSR count). The molecule has 0 aromatic heterocycles. The Kier molecular flexibility index (Phi) is 4.69. The minimum atomic E-state index is -4.01. The molecule has 0 unspecified atom stereocenters. The van der Waals surface area contributed by atoms with E-state index in [1.165, 1.54) is 19.2 Å². The highest BCUT2D eigenvalue weighted by Gasteiger charge is 2.24. The number of nitro groups is 1. The van der Waals surface area contributed by atoms with Crippen LogP contribution < -0.4 is 9.62 Å². The zero-order valence-electron chi connectivity index (χ0n) is 11.5. The van der Waals surface area contributed by atoms with Gasteiger partial charge in [-0.25, -0.2) is 8.42 Å². The predicted molar refractivity (Wildman–Crippen MR) is 70.8 cm³/mol. The van der Waals surface area contributed by atoms with Crippen LogP contribution in [0.5, 0.6) is 5.75 Å². The molecule has 0 radical (unpaired) electrons. The quantitative estimate of drug-likeness (QED) is 0.654. The van der Waals surface area contributed by atoms with Crippen molar-refractivity contribution in [3.8, 4) is 5.75 Å². The Labute approximate surface area is 116 Å². The van der Waals surface area contributed by atoms with Gasteiger partial charge in [-0.15, -0.1) is 0 Å². The van der Waals surface area contributed by atoms with E-state index < -0.39 is 26.2 Å². The van der Waals surface area contributed by atoms with Gasteiger partial charge in [-0.05, 0) is 32.9 Å². The molecule has 1 N–H and O–H groups in total. The lowest BCUT2D eigenvalue weighted by molar-refractivity contribution is -0.386. The second-order valence-electron chi connectivity index (χ2n) is 4.89. The average Bonchev–Trinajstić information content (AvgIpc) is 2.35. The number of hydrogen-bond donors (Lipinski definition) is 1. The van der Waals surface area contributed by atoms with E-state index in [0.717, 1.165) is 6.07 Å². The number of nitrogens with one attached hydrogen (secondary N) is 1. The van der Waals surface area contributed by atoms with Crippen LogP contribution in [0.25, 0.3) is 0 Å². The highest BCUT2D eigenvalue weighted by molar-refractivity contribution is 7.89. The molecule has 0 aliphatic carbocycles. The van der Waals surface area contributed by atoms with Gasteiger partial charge in [0.05, 0.1) is 22.5 Å². The van der Waals surface area contributed by atoms with Gasteiger partial charge in [0.25, 0.3) is 10.0 Å². The van der Waals surface area contributed by atoms with Crippen LogP contribution in [-0.2, 0) is 14.9 Å². The minimum Gasteiger partial charge on any atom is -0.490 e. The van der Waals surface area contributed by atoms with Crippen molar-refractivity contribution in [2.75, 3.05) is 7.11 Å². The Hall–Kier alpha value is -1.71. The van der Waals surface area contributed by atoms with E-state index in [4.69, 9.17) is 9.57 Å². The first-order valence-corrected chi connectivity index (χ1v) is 7.07. The number of methoxy groups -OCH3 is 1. The van der Waals surface area contributed by atoms with Crippen LogP contribution in [0.4, 0.5) is 5.69 Å². The first-order valence-electron chi connectivity index (χ1n) is 5.59. The molecule has 0 spiro atoms. The molecule has 0 heterocycles. The first kappa shape index (κ1) is 16.3. The van der Waals surface area contributed by atoms with E-state index in [2.05, 4.69) is 0 Å². The Bertz CT molecular complexity index is 606. The standard InChI is InChI=1S/C11H16N2O6S/c1-11(2,3)19-12-20(16,17)8-5-6-10(18-4)9(7-8)13(14)15/h5-7,12H,1-4H3. The van der Waals surface area contributed by atoms with E-state index in [-0.39, 0.29) is 10.6 Å². The van der Waals surface area contributed by atoms with Crippen molar-refractivity contribution in [3.05, 3.63) is 28.3 Å². The number of sulfonamides is 1. The summed E-state index contributed by atoms with van der Waals surface area (Å²) in [5.74, 6) is -0.0225. The van der Waals surface area contributed by atoms with Crippen molar-refractivity contribution < 1.29 is 22.9 Å². The summed E-state index contributed by atoms with van der Waals surface area (Å²) >= 11 is 0. The molecule has 0 atom stereocenters. The lowest BCUT2D eigenvalue weighted by Crippen LogP contribution is -2.33. The third kappa shape index (κ3) is 4.15. The molecular formula is C11H16N2O6S. The van der Waals surface area contributed by atoms with Gasteiger partial charge in [0, 0.05) is 6.07 Å². The summed E-state index contributed by atoms with van der Waals surface area (Å²) < 4.78 is 28.7. The molecule has 0 amide bonds.